The van der Waals surface area contributed by atoms with Crippen LogP contribution in [-0.4, -0.2) is 33.7 Å². The van der Waals surface area contributed by atoms with E-state index in [4.69, 9.17) is 11.6 Å². The van der Waals surface area contributed by atoms with E-state index >= 15 is 0 Å². The zero-order chi connectivity index (χ0) is 26.1. The van der Waals surface area contributed by atoms with E-state index in [1.54, 1.807) is 36.4 Å². The summed E-state index contributed by atoms with van der Waals surface area (Å²) in [6.07, 6.45) is 0.804. The monoisotopic (exact) mass is 507 g/mol. The second kappa shape index (κ2) is 12.8. The van der Waals surface area contributed by atoms with Crippen LogP contribution in [0.4, 0.5) is 5.69 Å². The van der Waals surface area contributed by atoms with Crippen LogP contribution in [0.2, 0.25) is 5.02 Å². The van der Waals surface area contributed by atoms with E-state index in [9.17, 15) is 19.7 Å². The molecule has 0 unspecified atom stereocenters. The molecule has 0 aliphatic heterocycles. The first-order chi connectivity index (χ1) is 17.3. The third kappa shape index (κ3) is 7.15. The van der Waals surface area contributed by atoms with Crippen LogP contribution < -0.4 is 5.32 Å². The van der Waals surface area contributed by atoms with Crippen molar-refractivity contribution in [3.8, 4) is 0 Å². The largest absolute Gasteiger partial charge is 0.352 e. The quantitative estimate of drug-likeness (QED) is 0.280. The molecule has 3 aromatic rings. The summed E-state index contributed by atoms with van der Waals surface area (Å²) in [7, 11) is 0. The molecule has 0 aromatic heterocycles. The minimum atomic E-state index is -0.840. The van der Waals surface area contributed by atoms with Gasteiger partial charge in [-0.2, -0.15) is 0 Å². The molecule has 0 aliphatic rings. The number of carbonyl (C=O) groups excluding carboxylic acids is 2. The number of rotatable bonds is 11. The molecular formula is C28H30ClN3O4. The van der Waals surface area contributed by atoms with Crippen LogP contribution in [0.5, 0.6) is 0 Å². The number of amides is 2. The lowest BCUT2D eigenvalue weighted by Gasteiger charge is -2.32. The average Bonchev–Trinajstić information content (AvgIpc) is 2.87. The van der Waals surface area contributed by atoms with Gasteiger partial charge in [0.1, 0.15) is 6.04 Å². The minimum Gasteiger partial charge on any atom is -0.352 e. The first-order valence-electron chi connectivity index (χ1n) is 11.9. The lowest BCUT2D eigenvalue weighted by atomic mass is 10.0. The van der Waals surface area contributed by atoms with Crippen LogP contribution in [0.25, 0.3) is 0 Å². The molecule has 2 atom stereocenters. The predicted molar refractivity (Wildman–Crippen MR) is 141 cm³/mol. The highest BCUT2D eigenvalue weighted by Crippen LogP contribution is 2.24. The fraction of sp³-hybridized carbons (Fsp3) is 0.286. The number of nitrogens with one attached hydrogen (secondary N) is 1. The zero-order valence-corrected chi connectivity index (χ0v) is 21.1. The predicted octanol–water partition coefficient (Wildman–Crippen LogP) is 5.35. The summed E-state index contributed by atoms with van der Waals surface area (Å²) in [5, 5.41) is 15.0. The normalized spacial score (nSPS) is 12.4. The molecule has 0 spiro atoms. The zero-order valence-electron chi connectivity index (χ0n) is 20.4. The first-order valence-corrected chi connectivity index (χ1v) is 12.3. The number of nitrogens with zero attached hydrogens (tertiary/aromatic N) is 2. The third-order valence-electron chi connectivity index (χ3n) is 6.10. The van der Waals surface area contributed by atoms with E-state index in [2.05, 4.69) is 5.32 Å². The maximum absolute atomic E-state index is 13.8. The molecular weight excluding hydrogens is 478 g/mol. The van der Waals surface area contributed by atoms with Gasteiger partial charge in [-0.15, -0.1) is 0 Å². The summed E-state index contributed by atoms with van der Waals surface area (Å²) in [6.45, 7) is 3.97. The number of halogens is 1. The van der Waals surface area contributed by atoms with Crippen LogP contribution in [0.15, 0.2) is 78.9 Å². The Labute approximate surface area is 216 Å². The Balaban J connectivity index is 2.03. The second-order valence-corrected chi connectivity index (χ2v) is 9.11. The van der Waals surface area contributed by atoms with Gasteiger partial charge >= 0.3 is 0 Å². The number of hydrogen-bond donors (Lipinski definition) is 1. The average molecular weight is 508 g/mol. The highest BCUT2D eigenvalue weighted by Gasteiger charge is 2.32. The maximum atomic E-state index is 13.8. The van der Waals surface area contributed by atoms with Crippen molar-refractivity contribution in [3.63, 3.8) is 0 Å². The Bertz CT molecular complexity index is 1200. The highest BCUT2D eigenvalue weighted by atomic mass is 35.5. The van der Waals surface area contributed by atoms with Crippen LogP contribution in [0.1, 0.15) is 37.0 Å². The summed E-state index contributed by atoms with van der Waals surface area (Å²) in [6, 6.07) is 21.8. The summed E-state index contributed by atoms with van der Waals surface area (Å²) >= 11 is 6.42. The molecule has 3 rings (SSSR count). The van der Waals surface area contributed by atoms with Gasteiger partial charge in [0.05, 0.1) is 11.3 Å². The van der Waals surface area contributed by atoms with Crippen molar-refractivity contribution in [1.29, 1.82) is 0 Å². The third-order valence-corrected chi connectivity index (χ3v) is 6.47. The molecule has 1 N–H and O–H groups in total. The van der Waals surface area contributed by atoms with Crippen molar-refractivity contribution in [1.82, 2.24) is 10.2 Å². The number of hydrogen-bond acceptors (Lipinski definition) is 4. The highest BCUT2D eigenvalue weighted by molar-refractivity contribution is 6.31. The van der Waals surface area contributed by atoms with Gasteiger partial charge in [-0.3, -0.25) is 19.7 Å². The summed E-state index contributed by atoms with van der Waals surface area (Å²) in [5.74, 6) is -0.680. The van der Waals surface area contributed by atoms with E-state index < -0.39 is 16.9 Å². The summed E-state index contributed by atoms with van der Waals surface area (Å²) < 4.78 is 0. The molecule has 0 aliphatic carbocycles. The Morgan fingerprint density at radius 3 is 2.22 bits per heavy atom. The van der Waals surface area contributed by atoms with Gasteiger partial charge in [-0.05, 0) is 30.5 Å². The number of carbonyl (C=O) groups is 2. The lowest BCUT2D eigenvalue weighted by molar-refractivity contribution is -0.385. The first kappa shape index (κ1) is 26.9. The van der Waals surface area contributed by atoms with E-state index in [1.165, 1.54) is 11.0 Å². The molecule has 7 nitrogen and oxygen atoms in total. The van der Waals surface area contributed by atoms with Gasteiger partial charge in [0, 0.05) is 35.7 Å². The molecule has 36 heavy (non-hydrogen) atoms. The van der Waals surface area contributed by atoms with Gasteiger partial charge in [0.15, 0.2) is 0 Å². The van der Waals surface area contributed by atoms with Gasteiger partial charge in [0.2, 0.25) is 11.8 Å². The number of para-hydroxylation sites is 1. The molecule has 0 bridgehead atoms. The van der Waals surface area contributed by atoms with Crippen LogP contribution in [-0.2, 0) is 29.0 Å². The molecule has 0 radical (unpaired) electrons. The van der Waals surface area contributed by atoms with Gasteiger partial charge in [-0.25, -0.2) is 0 Å². The minimum absolute atomic E-state index is 0.0803. The molecule has 0 saturated heterocycles. The molecule has 0 saturated carbocycles. The Hall–Kier alpha value is -3.71. The van der Waals surface area contributed by atoms with E-state index in [0.717, 1.165) is 12.0 Å². The van der Waals surface area contributed by atoms with E-state index in [0.29, 0.717) is 10.6 Å². The Morgan fingerprint density at radius 2 is 1.58 bits per heavy atom. The van der Waals surface area contributed by atoms with Crippen LogP contribution in [0, 0.1) is 10.1 Å². The fourth-order valence-corrected chi connectivity index (χ4v) is 4.10. The Kier molecular flexibility index (Phi) is 9.59. The van der Waals surface area contributed by atoms with Crippen molar-refractivity contribution in [2.24, 2.45) is 0 Å². The van der Waals surface area contributed by atoms with Crippen molar-refractivity contribution in [2.75, 3.05) is 0 Å². The van der Waals surface area contributed by atoms with Crippen molar-refractivity contribution in [3.05, 3.63) is 111 Å². The number of benzene rings is 3. The fourth-order valence-electron chi connectivity index (χ4n) is 3.91. The smallest absolute Gasteiger partial charge is 0.273 e. The maximum Gasteiger partial charge on any atom is 0.273 e. The van der Waals surface area contributed by atoms with Crippen molar-refractivity contribution >= 4 is 29.1 Å². The van der Waals surface area contributed by atoms with Gasteiger partial charge < -0.3 is 10.2 Å². The van der Waals surface area contributed by atoms with E-state index in [1.807, 2.05) is 50.2 Å². The second-order valence-electron chi connectivity index (χ2n) is 8.70. The van der Waals surface area contributed by atoms with Gasteiger partial charge in [-0.1, -0.05) is 85.3 Å². The van der Waals surface area contributed by atoms with E-state index in [-0.39, 0.29) is 42.6 Å². The topological polar surface area (TPSA) is 92.6 Å². The molecule has 8 heteroatoms. The van der Waals surface area contributed by atoms with Crippen LogP contribution >= 0.6 is 11.6 Å². The molecule has 0 fully saturated rings. The number of nitro benzene ring substituents is 1. The molecule has 188 valence electrons. The molecule has 0 heterocycles. The summed E-state index contributed by atoms with van der Waals surface area (Å²) in [4.78, 5) is 39.8. The van der Waals surface area contributed by atoms with Gasteiger partial charge in [0.25, 0.3) is 5.69 Å². The van der Waals surface area contributed by atoms with Crippen LogP contribution in [0.3, 0.4) is 0 Å². The van der Waals surface area contributed by atoms with Crippen molar-refractivity contribution in [2.45, 2.75) is 51.7 Å². The molecule has 2 amide bonds. The van der Waals surface area contributed by atoms with Crippen molar-refractivity contribution < 1.29 is 14.5 Å². The summed E-state index contributed by atoms with van der Waals surface area (Å²) in [5.41, 5.74) is 1.73. The SMILES string of the molecule is CC[C@H](C)NC(=O)[C@@H](Cc1ccccc1)N(Cc1ccccc1Cl)C(=O)Cc1ccccc1[N+](=O)[O-]. The molecule has 3 aromatic carbocycles. The lowest BCUT2D eigenvalue weighted by Crippen LogP contribution is -2.52. The number of nitro groups is 1. The standard InChI is InChI=1S/C28H30ClN3O4/c1-3-20(2)30-28(34)26(17-21-11-5-4-6-12-21)31(19-23-14-7-9-15-24(23)29)27(33)18-22-13-8-10-16-25(22)32(35)36/h4-16,20,26H,3,17-19H2,1-2H3,(H,30,34)/t20-,26+/m0/s1. The Morgan fingerprint density at radius 1 is 0.972 bits per heavy atom.